The summed E-state index contributed by atoms with van der Waals surface area (Å²) in [5.74, 6) is -1.59. The van der Waals surface area contributed by atoms with E-state index >= 15 is 0 Å². The van der Waals surface area contributed by atoms with Crippen LogP contribution in [-0.4, -0.2) is 25.0 Å². The highest BCUT2D eigenvalue weighted by Gasteiger charge is 2.35. The summed E-state index contributed by atoms with van der Waals surface area (Å²) in [5.41, 5.74) is 0.125. The maximum absolute atomic E-state index is 14.0. The number of aryl methyl sites for hydroxylation is 1. The Morgan fingerprint density at radius 3 is 2.84 bits per heavy atom. The zero-order chi connectivity index (χ0) is 14.0. The van der Waals surface area contributed by atoms with E-state index in [1.54, 1.807) is 6.92 Å². The molecule has 0 saturated carbocycles. The first-order chi connectivity index (χ1) is 9.06. The topological polar surface area (TPSA) is 32.3 Å². The smallest absolute Gasteiger partial charge is 0.244 e. The van der Waals surface area contributed by atoms with Crippen molar-refractivity contribution in [3.8, 4) is 0 Å². The van der Waals surface area contributed by atoms with E-state index in [-0.39, 0.29) is 17.6 Å². The lowest BCUT2D eigenvalue weighted by atomic mass is 10.2. The van der Waals surface area contributed by atoms with E-state index in [0.29, 0.717) is 18.5 Å². The van der Waals surface area contributed by atoms with Gasteiger partial charge in [-0.3, -0.25) is 4.79 Å². The third-order valence-electron chi connectivity index (χ3n) is 3.38. The number of benzene rings is 1. The van der Waals surface area contributed by atoms with Gasteiger partial charge in [-0.25, -0.2) is 8.78 Å². The number of rotatable bonds is 4. The number of nitrogens with zero attached hydrogens (tertiary/aromatic N) is 1. The van der Waals surface area contributed by atoms with Crippen LogP contribution in [0.3, 0.4) is 0 Å². The van der Waals surface area contributed by atoms with Crippen LogP contribution < -0.4 is 10.2 Å². The molecule has 104 valence electrons. The van der Waals surface area contributed by atoms with Crippen molar-refractivity contribution in [2.45, 2.75) is 32.7 Å². The van der Waals surface area contributed by atoms with Crippen LogP contribution in [0, 0.1) is 18.6 Å². The molecule has 0 bridgehead atoms. The van der Waals surface area contributed by atoms with Crippen LogP contribution in [0.2, 0.25) is 0 Å². The SMILES string of the molecule is CCCNC1CCN(c2c(F)ccc(C)c2F)C1=O. The van der Waals surface area contributed by atoms with E-state index in [1.807, 2.05) is 6.92 Å². The van der Waals surface area contributed by atoms with E-state index in [4.69, 9.17) is 0 Å². The molecule has 1 saturated heterocycles. The first kappa shape index (κ1) is 13.9. The Bertz CT molecular complexity index is 491. The van der Waals surface area contributed by atoms with Crippen LogP contribution in [-0.2, 0) is 4.79 Å². The lowest BCUT2D eigenvalue weighted by molar-refractivity contribution is -0.118. The maximum atomic E-state index is 14.0. The summed E-state index contributed by atoms with van der Waals surface area (Å²) in [6.07, 6.45) is 1.49. The van der Waals surface area contributed by atoms with Gasteiger partial charge in [-0.2, -0.15) is 0 Å². The number of halogens is 2. The monoisotopic (exact) mass is 268 g/mol. The minimum Gasteiger partial charge on any atom is -0.306 e. The Morgan fingerprint density at radius 2 is 2.16 bits per heavy atom. The average Bonchev–Trinajstić information content (AvgIpc) is 2.74. The summed E-state index contributed by atoms with van der Waals surface area (Å²) < 4.78 is 27.8. The number of amides is 1. The minimum absolute atomic E-state index is 0.217. The standard InChI is InChI=1S/C14H18F2N2O/c1-3-7-17-11-6-8-18(14(11)19)13-10(15)5-4-9(2)12(13)16/h4-5,11,17H,3,6-8H2,1-2H3. The molecule has 0 spiro atoms. The van der Waals surface area contributed by atoms with Crippen LogP contribution in [0.15, 0.2) is 12.1 Å². The molecule has 3 nitrogen and oxygen atoms in total. The van der Waals surface area contributed by atoms with Crippen molar-refractivity contribution in [3.63, 3.8) is 0 Å². The molecule has 1 heterocycles. The summed E-state index contributed by atoms with van der Waals surface area (Å²) in [7, 11) is 0. The van der Waals surface area contributed by atoms with Crippen LogP contribution in [0.1, 0.15) is 25.3 Å². The molecule has 1 aliphatic heterocycles. The summed E-state index contributed by atoms with van der Waals surface area (Å²) >= 11 is 0. The highest BCUT2D eigenvalue weighted by atomic mass is 19.1. The van der Waals surface area contributed by atoms with Gasteiger partial charge in [0.25, 0.3) is 0 Å². The molecule has 0 aliphatic carbocycles. The number of anilines is 1. The number of hydrogen-bond acceptors (Lipinski definition) is 2. The van der Waals surface area contributed by atoms with Crippen molar-refractivity contribution < 1.29 is 13.6 Å². The zero-order valence-electron chi connectivity index (χ0n) is 11.2. The second-order valence-corrected chi connectivity index (χ2v) is 4.81. The van der Waals surface area contributed by atoms with Gasteiger partial charge in [-0.05, 0) is 37.9 Å². The van der Waals surface area contributed by atoms with Gasteiger partial charge in [-0.1, -0.05) is 13.0 Å². The van der Waals surface area contributed by atoms with Crippen LogP contribution >= 0.6 is 0 Å². The summed E-state index contributed by atoms with van der Waals surface area (Å²) in [4.78, 5) is 13.4. The quantitative estimate of drug-likeness (QED) is 0.909. The molecule has 1 aromatic carbocycles. The van der Waals surface area contributed by atoms with E-state index < -0.39 is 11.6 Å². The van der Waals surface area contributed by atoms with Crippen molar-refractivity contribution in [1.29, 1.82) is 0 Å². The second-order valence-electron chi connectivity index (χ2n) is 4.81. The van der Waals surface area contributed by atoms with Gasteiger partial charge < -0.3 is 10.2 Å². The van der Waals surface area contributed by atoms with E-state index in [0.717, 1.165) is 13.0 Å². The van der Waals surface area contributed by atoms with Crippen molar-refractivity contribution in [2.75, 3.05) is 18.0 Å². The Morgan fingerprint density at radius 1 is 1.42 bits per heavy atom. The summed E-state index contributed by atoms with van der Waals surface area (Å²) in [6, 6.07) is 2.24. The lowest BCUT2D eigenvalue weighted by Crippen LogP contribution is -2.39. The normalized spacial score (nSPS) is 19.3. The lowest BCUT2D eigenvalue weighted by Gasteiger charge is -2.19. The van der Waals surface area contributed by atoms with Crippen LogP contribution in [0.25, 0.3) is 0 Å². The molecule has 0 radical (unpaired) electrons. The Kier molecular flexibility index (Phi) is 4.14. The molecule has 19 heavy (non-hydrogen) atoms. The third kappa shape index (κ3) is 2.61. The first-order valence-electron chi connectivity index (χ1n) is 6.55. The Balaban J connectivity index is 2.25. The molecule has 1 unspecified atom stereocenters. The molecular weight excluding hydrogens is 250 g/mol. The second kappa shape index (κ2) is 5.65. The zero-order valence-corrected chi connectivity index (χ0v) is 11.2. The predicted molar refractivity (Wildman–Crippen MR) is 70.1 cm³/mol. The highest BCUT2D eigenvalue weighted by molar-refractivity contribution is 5.99. The number of nitrogens with one attached hydrogen (secondary N) is 1. The first-order valence-corrected chi connectivity index (χ1v) is 6.55. The molecule has 0 aromatic heterocycles. The minimum atomic E-state index is -0.687. The van der Waals surface area contributed by atoms with Gasteiger partial charge in [0.2, 0.25) is 5.91 Å². The Hall–Kier alpha value is -1.49. The molecule has 1 N–H and O–H groups in total. The van der Waals surface area contributed by atoms with Gasteiger partial charge in [0.15, 0.2) is 5.82 Å². The fraction of sp³-hybridized carbons (Fsp3) is 0.500. The molecule has 5 heteroatoms. The molecule has 1 atom stereocenters. The highest BCUT2D eigenvalue weighted by Crippen LogP contribution is 2.29. The van der Waals surface area contributed by atoms with Gasteiger partial charge in [0, 0.05) is 6.54 Å². The van der Waals surface area contributed by atoms with E-state index in [1.165, 1.54) is 17.0 Å². The summed E-state index contributed by atoms with van der Waals surface area (Å²) in [5, 5.41) is 3.10. The molecule has 1 amide bonds. The van der Waals surface area contributed by atoms with Gasteiger partial charge in [-0.15, -0.1) is 0 Å². The van der Waals surface area contributed by atoms with Crippen molar-refractivity contribution >= 4 is 11.6 Å². The number of hydrogen-bond donors (Lipinski definition) is 1. The van der Waals surface area contributed by atoms with Crippen molar-refractivity contribution in [3.05, 3.63) is 29.3 Å². The molecule has 1 aromatic rings. The van der Waals surface area contributed by atoms with Gasteiger partial charge >= 0.3 is 0 Å². The molecular formula is C14H18F2N2O. The van der Waals surface area contributed by atoms with Crippen LogP contribution in [0.5, 0.6) is 0 Å². The Labute approximate surface area is 111 Å². The number of carbonyl (C=O) groups is 1. The maximum Gasteiger partial charge on any atom is 0.244 e. The van der Waals surface area contributed by atoms with Gasteiger partial charge in [0.1, 0.15) is 11.5 Å². The van der Waals surface area contributed by atoms with Crippen molar-refractivity contribution in [1.82, 2.24) is 5.32 Å². The van der Waals surface area contributed by atoms with Crippen LogP contribution in [0.4, 0.5) is 14.5 Å². The largest absolute Gasteiger partial charge is 0.306 e. The molecule has 1 fully saturated rings. The average molecular weight is 268 g/mol. The molecule has 1 aliphatic rings. The predicted octanol–water partition coefficient (Wildman–Crippen LogP) is 2.38. The van der Waals surface area contributed by atoms with Gasteiger partial charge in [0.05, 0.1) is 6.04 Å². The fourth-order valence-corrected chi connectivity index (χ4v) is 2.30. The van der Waals surface area contributed by atoms with E-state index in [9.17, 15) is 13.6 Å². The van der Waals surface area contributed by atoms with Crippen molar-refractivity contribution in [2.24, 2.45) is 0 Å². The number of carbonyl (C=O) groups excluding carboxylic acids is 1. The molecule has 2 rings (SSSR count). The third-order valence-corrected chi connectivity index (χ3v) is 3.38. The van der Waals surface area contributed by atoms with E-state index in [2.05, 4.69) is 5.32 Å². The fourth-order valence-electron chi connectivity index (χ4n) is 2.30. The summed E-state index contributed by atoms with van der Waals surface area (Å²) in [6.45, 7) is 4.64.